The standard InChI is InChI=1S/C10H18F3NO2/c1-8(2,3)14-5-4-9(16,7(15)6-14)10(11,12)13/h7,15-16H,4-6H2,1-3H3. The van der Waals surface area contributed by atoms with Gasteiger partial charge in [-0.15, -0.1) is 0 Å². The summed E-state index contributed by atoms with van der Waals surface area (Å²) in [7, 11) is 0. The molecule has 1 aliphatic rings. The van der Waals surface area contributed by atoms with E-state index in [1.54, 1.807) is 4.90 Å². The number of aliphatic hydroxyl groups is 2. The van der Waals surface area contributed by atoms with Crippen molar-refractivity contribution >= 4 is 0 Å². The van der Waals surface area contributed by atoms with Gasteiger partial charge in [-0.3, -0.25) is 4.90 Å². The minimum absolute atomic E-state index is 0.122. The molecule has 16 heavy (non-hydrogen) atoms. The number of β-amino-alcohol motifs (C(OH)–C–C–N with tert-alkyl or cyclic N) is 1. The van der Waals surface area contributed by atoms with Crippen LogP contribution in [0.25, 0.3) is 0 Å². The first-order chi connectivity index (χ1) is 6.98. The minimum Gasteiger partial charge on any atom is -0.388 e. The second-order valence-corrected chi connectivity index (χ2v) is 5.30. The molecule has 0 aliphatic carbocycles. The summed E-state index contributed by atoms with van der Waals surface area (Å²) in [5, 5.41) is 18.9. The number of aliphatic hydroxyl groups excluding tert-OH is 1. The van der Waals surface area contributed by atoms with E-state index in [1.165, 1.54) is 0 Å². The predicted molar refractivity (Wildman–Crippen MR) is 53.0 cm³/mol. The van der Waals surface area contributed by atoms with E-state index in [-0.39, 0.29) is 18.6 Å². The van der Waals surface area contributed by atoms with Gasteiger partial charge in [0.15, 0.2) is 5.60 Å². The first-order valence-corrected chi connectivity index (χ1v) is 5.21. The smallest absolute Gasteiger partial charge is 0.388 e. The number of piperidine rings is 1. The highest BCUT2D eigenvalue weighted by Crippen LogP contribution is 2.39. The van der Waals surface area contributed by atoms with Crippen LogP contribution in [0.5, 0.6) is 0 Å². The van der Waals surface area contributed by atoms with Gasteiger partial charge in [-0.2, -0.15) is 13.2 Å². The molecule has 3 nitrogen and oxygen atoms in total. The van der Waals surface area contributed by atoms with Gasteiger partial charge < -0.3 is 10.2 Å². The summed E-state index contributed by atoms with van der Waals surface area (Å²) in [5.74, 6) is 0. The molecule has 96 valence electrons. The maximum atomic E-state index is 12.6. The average Bonchev–Trinajstić information content (AvgIpc) is 2.05. The molecule has 1 rings (SSSR count). The third-order valence-corrected chi connectivity index (χ3v) is 3.15. The van der Waals surface area contributed by atoms with Gasteiger partial charge in [0, 0.05) is 25.0 Å². The van der Waals surface area contributed by atoms with Crippen LogP contribution in [0.15, 0.2) is 0 Å². The van der Waals surface area contributed by atoms with Crippen molar-refractivity contribution in [3.05, 3.63) is 0 Å². The van der Waals surface area contributed by atoms with Crippen LogP contribution < -0.4 is 0 Å². The molecule has 2 N–H and O–H groups in total. The summed E-state index contributed by atoms with van der Waals surface area (Å²) in [5.41, 5.74) is -3.28. The van der Waals surface area contributed by atoms with Gasteiger partial charge in [0.2, 0.25) is 0 Å². The molecular formula is C10H18F3NO2. The molecule has 2 unspecified atom stereocenters. The quantitative estimate of drug-likeness (QED) is 0.668. The maximum Gasteiger partial charge on any atom is 0.419 e. The van der Waals surface area contributed by atoms with Crippen LogP contribution in [0, 0.1) is 0 Å². The summed E-state index contributed by atoms with van der Waals surface area (Å²) >= 11 is 0. The number of rotatable bonds is 0. The van der Waals surface area contributed by atoms with Gasteiger partial charge in [0.25, 0.3) is 0 Å². The van der Waals surface area contributed by atoms with Crippen LogP contribution >= 0.6 is 0 Å². The molecule has 6 heteroatoms. The molecule has 2 atom stereocenters. The van der Waals surface area contributed by atoms with E-state index < -0.39 is 24.3 Å². The van der Waals surface area contributed by atoms with Crippen molar-refractivity contribution in [3.63, 3.8) is 0 Å². The van der Waals surface area contributed by atoms with Crippen LogP contribution in [-0.2, 0) is 0 Å². The van der Waals surface area contributed by atoms with E-state index in [9.17, 15) is 23.4 Å². The number of hydrogen-bond acceptors (Lipinski definition) is 3. The fourth-order valence-electron chi connectivity index (χ4n) is 1.86. The van der Waals surface area contributed by atoms with E-state index in [4.69, 9.17) is 0 Å². The molecule has 0 amide bonds. The molecule has 0 aromatic heterocycles. The Morgan fingerprint density at radius 1 is 1.25 bits per heavy atom. The van der Waals surface area contributed by atoms with E-state index in [0.29, 0.717) is 0 Å². The van der Waals surface area contributed by atoms with Crippen molar-refractivity contribution in [2.75, 3.05) is 13.1 Å². The van der Waals surface area contributed by atoms with Gasteiger partial charge in [-0.25, -0.2) is 0 Å². The normalized spacial score (nSPS) is 34.1. The maximum absolute atomic E-state index is 12.6. The molecule has 1 fully saturated rings. The molecular weight excluding hydrogens is 223 g/mol. The van der Waals surface area contributed by atoms with Crippen molar-refractivity contribution in [2.45, 2.75) is 50.6 Å². The van der Waals surface area contributed by atoms with E-state index in [0.717, 1.165) is 0 Å². The van der Waals surface area contributed by atoms with Crippen molar-refractivity contribution in [3.8, 4) is 0 Å². The highest BCUT2D eigenvalue weighted by molar-refractivity contribution is 5.00. The van der Waals surface area contributed by atoms with E-state index >= 15 is 0 Å². The largest absolute Gasteiger partial charge is 0.419 e. The van der Waals surface area contributed by atoms with Crippen molar-refractivity contribution in [1.29, 1.82) is 0 Å². The molecule has 0 aromatic rings. The van der Waals surface area contributed by atoms with Crippen molar-refractivity contribution in [1.82, 2.24) is 4.90 Å². The lowest BCUT2D eigenvalue weighted by Gasteiger charge is -2.47. The zero-order valence-electron chi connectivity index (χ0n) is 9.67. The van der Waals surface area contributed by atoms with Crippen molar-refractivity contribution in [2.24, 2.45) is 0 Å². The average molecular weight is 241 g/mol. The zero-order valence-corrected chi connectivity index (χ0v) is 9.67. The highest BCUT2D eigenvalue weighted by atomic mass is 19.4. The first kappa shape index (κ1) is 13.7. The first-order valence-electron chi connectivity index (χ1n) is 5.21. The third kappa shape index (κ3) is 2.33. The summed E-state index contributed by atoms with van der Waals surface area (Å²) in [6.07, 6.45) is -7.06. The molecule has 0 aromatic carbocycles. The fourth-order valence-corrected chi connectivity index (χ4v) is 1.86. The Hall–Kier alpha value is -0.330. The Bertz CT molecular complexity index is 262. The molecule has 1 aliphatic heterocycles. The summed E-state index contributed by atoms with van der Waals surface area (Å²) < 4.78 is 37.7. The second kappa shape index (κ2) is 3.85. The summed E-state index contributed by atoms with van der Waals surface area (Å²) in [4.78, 5) is 1.73. The predicted octanol–water partition coefficient (Wildman–Crippen LogP) is 1.14. The lowest BCUT2D eigenvalue weighted by atomic mass is 9.86. The Balaban J connectivity index is 2.81. The Kier molecular flexibility index (Phi) is 3.31. The molecule has 0 spiro atoms. The molecule has 1 heterocycles. The van der Waals surface area contributed by atoms with E-state index in [1.807, 2.05) is 20.8 Å². The topological polar surface area (TPSA) is 43.7 Å². The monoisotopic (exact) mass is 241 g/mol. The van der Waals surface area contributed by atoms with Crippen molar-refractivity contribution < 1.29 is 23.4 Å². The summed E-state index contributed by atoms with van der Waals surface area (Å²) in [6.45, 7) is 5.53. The lowest BCUT2D eigenvalue weighted by Crippen LogP contribution is -2.65. The van der Waals surface area contributed by atoms with E-state index in [2.05, 4.69) is 0 Å². The fraction of sp³-hybridized carbons (Fsp3) is 1.00. The SMILES string of the molecule is CC(C)(C)N1CCC(O)(C(F)(F)F)C(O)C1. The van der Waals surface area contributed by atoms with Gasteiger partial charge in [-0.1, -0.05) is 0 Å². The highest BCUT2D eigenvalue weighted by Gasteiger charge is 2.60. The number of nitrogens with zero attached hydrogens (tertiary/aromatic N) is 1. The minimum atomic E-state index is -4.78. The molecule has 0 saturated carbocycles. The van der Waals surface area contributed by atoms with Gasteiger partial charge in [-0.05, 0) is 20.8 Å². The van der Waals surface area contributed by atoms with Gasteiger partial charge >= 0.3 is 6.18 Å². The zero-order chi connectivity index (χ0) is 12.8. The lowest BCUT2D eigenvalue weighted by molar-refractivity contribution is -0.305. The molecule has 0 bridgehead atoms. The van der Waals surface area contributed by atoms with Crippen LogP contribution in [0.1, 0.15) is 27.2 Å². The van der Waals surface area contributed by atoms with Crippen LogP contribution in [-0.4, -0.2) is 51.6 Å². The number of hydrogen-bond donors (Lipinski definition) is 2. The second-order valence-electron chi connectivity index (χ2n) is 5.30. The number of likely N-dealkylation sites (tertiary alicyclic amines) is 1. The van der Waals surface area contributed by atoms with Crippen LogP contribution in [0.4, 0.5) is 13.2 Å². The number of alkyl halides is 3. The number of halogens is 3. The van der Waals surface area contributed by atoms with Crippen LogP contribution in [0.2, 0.25) is 0 Å². The Morgan fingerprint density at radius 3 is 2.06 bits per heavy atom. The molecule has 0 radical (unpaired) electrons. The Labute approximate surface area is 92.9 Å². The van der Waals surface area contributed by atoms with Gasteiger partial charge in [0.05, 0.1) is 0 Å². The van der Waals surface area contributed by atoms with Crippen LogP contribution in [0.3, 0.4) is 0 Å². The third-order valence-electron chi connectivity index (χ3n) is 3.15. The van der Waals surface area contributed by atoms with Gasteiger partial charge in [0.1, 0.15) is 6.10 Å². The Morgan fingerprint density at radius 2 is 1.75 bits per heavy atom. The summed E-state index contributed by atoms with van der Waals surface area (Å²) in [6, 6.07) is 0. The molecule has 1 saturated heterocycles.